The molecule has 120 valence electrons. The molecule has 0 bridgehead atoms. The lowest BCUT2D eigenvalue weighted by Crippen LogP contribution is -2.05. The molecule has 0 spiro atoms. The molecule has 2 heterocycles. The summed E-state index contributed by atoms with van der Waals surface area (Å²) in [6.07, 6.45) is -4.41. The number of hydrogen-bond donors (Lipinski definition) is 2. The second-order valence-corrected chi connectivity index (χ2v) is 6.34. The average molecular weight is 356 g/mol. The fourth-order valence-corrected chi connectivity index (χ4v) is 3.48. The molecule has 2 aromatic heterocycles. The van der Waals surface area contributed by atoms with Crippen LogP contribution in [0.25, 0.3) is 22.0 Å². The predicted molar refractivity (Wildman–Crippen MR) is 87.6 cm³/mol. The van der Waals surface area contributed by atoms with E-state index in [4.69, 9.17) is 5.73 Å². The molecule has 0 unspecified atom stereocenters. The van der Waals surface area contributed by atoms with Crippen LogP contribution in [0.4, 0.5) is 24.0 Å². The van der Waals surface area contributed by atoms with Crippen LogP contribution < -0.4 is 11.1 Å². The molecule has 4 nitrogen and oxygen atoms in total. The Bertz CT molecular complexity index is 839. The second kappa shape index (κ2) is 5.82. The third-order valence-electron chi connectivity index (χ3n) is 3.09. The van der Waals surface area contributed by atoms with Crippen LogP contribution in [0.5, 0.6) is 0 Å². The molecule has 3 N–H and O–H groups in total. The maximum Gasteiger partial charge on any atom is 0.416 e. The fourth-order valence-electron chi connectivity index (χ4n) is 1.96. The number of nitrogen functional groups attached to an aromatic ring is 1. The largest absolute Gasteiger partial charge is 0.416 e. The van der Waals surface area contributed by atoms with Crippen molar-refractivity contribution in [1.29, 1.82) is 0 Å². The van der Waals surface area contributed by atoms with Gasteiger partial charge in [0.15, 0.2) is 5.13 Å². The van der Waals surface area contributed by atoms with Crippen molar-refractivity contribution < 1.29 is 13.2 Å². The molecule has 9 heteroatoms. The first-order valence-corrected chi connectivity index (χ1v) is 8.20. The minimum absolute atomic E-state index is 0.0508. The molecular weight excluding hydrogens is 345 g/mol. The Morgan fingerprint density at radius 3 is 2.39 bits per heavy atom. The van der Waals surface area contributed by atoms with Crippen molar-refractivity contribution in [3.05, 3.63) is 34.5 Å². The van der Waals surface area contributed by atoms with E-state index in [1.165, 1.54) is 28.7 Å². The molecule has 0 atom stereocenters. The number of anilines is 2. The van der Waals surface area contributed by atoms with Crippen molar-refractivity contribution in [3.8, 4) is 22.0 Å². The van der Waals surface area contributed by atoms with Crippen LogP contribution in [0, 0.1) is 0 Å². The van der Waals surface area contributed by atoms with Crippen LogP contribution in [0.3, 0.4) is 0 Å². The molecule has 3 aromatic rings. The van der Waals surface area contributed by atoms with Crippen molar-refractivity contribution in [2.45, 2.75) is 6.18 Å². The SMILES string of the molecule is CNc1nc(-c2csc(-c3ccc(C(F)(F)F)cc3N)n2)cs1. The Labute approximate surface area is 137 Å². The molecule has 0 fully saturated rings. The van der Waals surface area contributed by atoms with Crippen molar-refractivity contribution >= 4 is 33.5 Å². The average Bonchev–Trinajstić information content (AvgIpc) is 3.15. The number of halogens is 3. The zero-order valence-corrected chi connectivity index (χ0v) is 13.4. The summed E-state index contributed by atoms with van der Waals surface area (Å²) in [5, 5.41) is 7.94. The number of nitrogens with one attached hydrogen (secondary N) is 1. The van der Waals surface area contributed by atoms with Gasteiger partial charge in [-0.25, -0.2) is 9.97 Å². The van der Waals surface area contributed by atoms with Gasteiger partial charge in [0.25, 0.3) is 0 Å². The van der Waals surface area contributed by atoms with E-state index < -0.39 is 11.7 Å². The topological polar surface area (TPSA) is 63.8 Å². The smallest absolute Gasteiger partial charge is 0.398 e. The number of nitrogens with zero attached hydrogens (tertiary/aromatic N) is 2. The summed E-state index contributed by atoms with van der Waals surface area (Å²) >= 11 is 2.76. The van der Waals surface area contributed by atoms with Crippen molar-refractivity contribution in [3.63, 3.8) is 0 Å². The first kappa shape index (κ1) is 15.8. The lowest BCUT2D eigenvalue weighted by atomic mass is 10.1. The van der Waals surface area contributed by atoms with E-state index >= 15 is 0 Å². The molecule has 0 saturated heterocycles. The van der Waals surface area contributed by atoms with Gasteiger partial charge in [0.2, 0.25) is 0 Å². The second-order valence-electron chi connectivity index (χ2n) is 4.63. The molecule has 0 saturated carbocycles. The Hall–Kier alpha value is -2.13. The highest BCUT2D eigenvalue weighted by atomic mass is 32.1. The minimum atomic E-state index is -4.41. The van der Waals surface area contributed by atoms with E-state index in [0.717, 1.165) is 17.3 Å². The fraction of sp³-hybridized carbons (Fsp3) is 0.143. The molecule has 0 radical (unpaired) electrons. The van der Waals surface area contributed by atoms with E-state index in [9.17, 15) is 13.2 Å². The summed E-state index contributed by atoms with van der Waals surface area (Å²) in [5.41, 5.74) is 6.92. The number of hydrogen-bond acceptors (Lipinski definition) is 6. The molecular formula is C14H11F3N4S2. The Balaban J connectivity index is 1.94. The molecule has 23 heavy (non-hydrogen) atoms. The summed E-state index contributed by atoms with van der Waals surface area (Å²) < 4.78 is 38.0. The van der Waals surface area contributed by atoms with Crippen LogP contribution in [-0.4, -0.2) is 17.0 Å². The Morgan fingerprint density at radius 2 is 1.78 bits per heavy atom. The standard InChI is InChI=1S/C14H11F3N4S2/c1-19-13-21-11(6-23-13)10-5-22-12(20-10)8-3-2-7(4-9(8)18)14(15,16)17/h2-6H,18H2,1H3,(H,19,21). The van der Waals surface area contributed by atoms with Gasteiger partial charge in [-0.3, -0.25) is 0 Å². The van der Waals surface area contributed by atoms with E-state index in [2.05, 4.69) is 15.3 Å². The van der Waals surface area contributed by atoms with Gasteiger partial charge in [-0.1, -0.05) is 0 Å². The van der Waals surface area contributed by atoms with Gasteiger partial charge < -0.3 is 11.1 Å². The van der Waals surface area contributed by atoms with Crippen LogP contribution >= 0.6 is 22.7 Å². The summed E-state index contributed by atoms with van der Waals surface area (Å²) in [5.74, 6) is 0. The summed E-state index contributed by atoms with van der Waals surface area (Å²) in [7, 11) is 1.78. The number of rotatable bonds is 3. The Morgan fingerprint density at radius 1 is 1.09 bits per heavy atom. The van der Waals surface area contributed by atoms with Crippen LogP contribution in [0.1, 0.15) is 5.56 Å². The molecule has 0 aliphatic rings. The van der Waals surface area contributed by atoms with Gasteiger partial charge >= 0.3 is 6.18 Å². The Kier molecular flexibility index (Phi) is 3.99. The summed E-state index contributed by atoms with van der Waals surface area (Å²) in [6, 6.07) is 3.29. The third-order valence-corrected chi connectivity index (χ3v) is 4.83. The molecule has 0 amide bonds. The van der Waals surface area contributed by atoms with E-state index in [0.29, 0.717) is 22.0 Å². The molecule has 0 aliphatic carbocycles. The number of nitrogens with two attached hydrogens (primary N) is 1. The van der Waals surface area contributed by atoms with Gasteiger partial charge in [-0.15, -0.1) is 22.7 Å². The molecule has 0 aliphatic heterocycles. The van der Waals surface area contributed by atoms with Crippen LogP contribution in [0.2, 0.25) is 0 Å². The van der Waals surface area contributed by atoms with Gasteiger partial charge in [0.1, 0.15) is 16.4 Å². The summed E-state index contributed by atoms with van der Waals surface area (Å²) in [4.78, 5) is 8.77. The van der Waals surface area contributed by atoms with E-state index in [-0.39, 0.29) is 5.69 Å². The van der Waals surface area contributed by atoms with Crippen molar-refractivity contribution in [2.75, 3.05) is 18.1 Å². The minimum Gasteiger partial charge on any atom is -0.398 e. The number of alkyl halides is 3. The monoisotopic (exact) mass is 356 g/mol. The van der Waals surface area contributed by atoms with Crippen molar-refractivity contribution in [2.24, 2.45) is 0 Å². The highest BCUT2D eigenvalue weighted by Gasteiger charge is 2.31. The van der Waals surface area contributed by atoms with Crippen LogP contribution in [0.15, 0.2) is 29.0 Å². The van der Waals surface area contributed by atoms with E-state index in [1.54, 1.807) is 12.4 Å². The first-order valence-electron chi connectivity index (χ1n) is 6.45. The maximum absolute atomic E-state index is 12.7. The van der Waals surface area contributed by atoms with Gasteiger partial charge in [0, 0.05) is 29.1 Å². The first-order chi connectivity index (χ1) is 10.9. The zero-order chi connectivity index (χ0) is 16.6. The normalized spacial score (nSPS) is 11.7. The van der Waals surface area contributed by atoms with Gasteiger partial charge in [-0.05, 0) is 18.2 Å². The lowest BCUT2D eigenvalue weighted by molar-refractivity contribution is -0.137. The number of aromatic nitrogens is 2. The zero-order valence-electron chi connectivity index (χ0n) is 11.8. The summed E-state index contributed by atoms with van der Waals surface area (Å²) in [6.45, 7) is 0. The van der Waals surface area contributed by atoms with Gasteiger partial charge in [0.05, 0.1) is 5.56 Å². The number of benzene rings is 1. The molecule has 1 aromatic carbocycles. The van der Waals surface area contributed by atoms with E-state index in [1.807, 2.05) is 5.38 Å². The lowest BCUT2D eigenvalue weighted by Gasteiger charge is -2.09. The highest BCUT2D eigenvalue weighted by molar-refractivity contribution is 7.14. The van der Waals surface area contributed by atoms with Gasteiger partial charge in [-0.2, -0.15) is 13.2 Å². The quantitative estimate of drug-likeness (QED) is 0.675. The third kappa shape index (κ3) is 3.15. The van der Waals surface area contributed by atoms with Crippen molar-refractivity contribution in [1.82, 2.24) is 9.97 Å². The molecule has 3 rings (SSSR count). The maximum atomic E-state index is 12.7. The highest BCUT2D eigenvalue weighted by Crippen LogP contribution is 2.37. The number of thiazole rings is 2. The van der Waals surface area contributed by atoms with Crippen LogP contribution in [-0.2, 0) is 6.18 Å². The predicted octanol–water partition coefficient (Wildman–Crippen LogP) is 4.58.